The third kappa shape index (κ3) is 3.14. The molecule has 0 radical (unpaired) electrons. The molecule has 9 heteroatoms. The van der Waals surface area contributed by atoms with E-state index in [1.54, 1.807) is 31.2 Å². The van der Waals surface area contributed by atoms with Crippen LogP contribution in [0.5, 0.6) is 0 Å². The van der Waals surface area contributed by atoms with Crippen LogP contribution in [0.2, 0.25) is 0 Å². The van der Waals surface area contributed by atoms with Gasteiger partial charge < -0.3 is 5.73 Å². The topological polar surface area (TPSA) is 127 Å². The van der Waals surface area contributed by atoms with Crippen molar-refractivity contribution in [2.45, 2.75) is 11.8 Å². The van der Waals surface area contributed by atoms with Gasteiger partial charge in [0.15, 0.2) is 5.82 Å². The number of H-pyrrole nitrogens is 1. The van der Waals surface area contributed by atoms with Crippen LogP contribution in [0.3, 0.4) is 0 Å². The van der Waals surface area contributed by atoms with Gasteiger partial charge in [0, 0.05) is 17.4 Å². The lowest BCUT2D eigenvalue weighted by molar-refractivity contribution is 0.600. The number of sulfonamides is 1. The number of hydrogen-bond acceptors (Lipinski definition) is 6. The van der Waals surface area contributed by atoms with Crippen molar-refractivity contribution in [1.82, 2.24) is 20.2 Å². The number of nitrogens with two attached hydrogens (primary N) is 1. The summed E-state index contributed by atoms with van der Waals surface area (Å²) in [5, 5.41) is 6.51. The first-order valence-electron chi connectivity index (χ1n) is 6.66. The molecular weight excluding hydrogens is 316 g/mol. The monoisotopic (exact) mass is 330 g/mol. The van der Waals surface area contributed by atoms with Gasteiger partial charge in [0.1, 0.15) is 17.0 Å². The number of rotatable bonds is 4. The van der Waals surface area contributed by atoms with Crippen LogP contribution in [-0.2, 0) is 10.0 Å². The lowest BCUT2D eigenvalue weighted by Crippen LogP contribution is -2.14. The molecule has 2 heterocycles. The molecule has 3 aromatic rings. The minimum absolute atomic E-state index is 0.0588. The number of nitrogen functional groups attached to an aromatic ring is 1. The third-order valence-electron chi connectivity index (χ3n) is 3.23. The summed E-state index contributed by atoms with van der Waals surface area (Å²) in [6, 6.07) is 8.25. The predicted molar refractivity (Wildman–Crippen MR) is 86.0 cm³/mol. The largest absolute Gasteiger partial charge is 0.383 e. The van der Waals surface area contributed by atoms with Crippen molar-refractivity contribution in [2.75, 3.05) is 10.5 Å². The highest BCUT2D eigenvalue weighted by Gasteiger charge is 2.16. The van der Waals surface area contributed by atoms with Crippen molar-refractivity contribution in [1.29, 1.82) is 0 Å². The molecule has 0 saturated heterocycles. The van der Waals surface area contributed by atoms with Crippen LogP contribution in [0.4, 0.5) is 11.5 Å². The normalized spacial score (nSPS) is 11.3. The summed E-state index contributed by atoms with van der Waals surface area (Å²) in [7, 11) is -3.72. The van der Waals surface area contributed by atoms with E-state index in [0.717, 1.165) is 5.56 Å². The maximum absolute atomic E-state index is 12.4. The SMILES string of the molecule is Cc1cc(S(=O)(=O)Nc2ccc(-c3ncn[nH]3)cc2)cnc1N. The molecular formula is C14H14N6O2S. The smallest absolute Gasteiger partial charge is 0.263 e. The van der Waals surface area contributed by atoms with E-state index in [1.165, 1.54) is 18.6 Å². The van der Waals surface area contributed by atoms with E-state index >= 15 is 0 Å². The molecule has 23 heavy (non-hydrogen) atoms. The van der Waals surface area contributed by atoms with Crippen LogP contribution in [0.25, 0.3) is 11.4 Å². The number of hydrogen-bond donors (Lipinski definition) is 3. The Hall–Kier alpha value is -2.94. The summed E-state index contributed by atoms with van der Waals surface area (Å²) in [6.07, 6.45) is 2.63. The maximum atomic E-state index is 12.4. The molecule has 0 atom stereocenters. The first kappa shape index (κ1) is 15.0. The van der Waals surface area contributed by atoms with E-state index in [2.05, 4.69) is 24.9 Å². The summed E-state index contributed by atoms with van der Waals surface area (Å²) < 4.78 is 27.2. The molecule has 0 spiro atoms. The molecule has 3 rings (SSSR count). The minimum Gasteiger partial charge on any atom is -0.383 e. The zero-order valence-corrected chi connectivity index (χ0v) is 13.0. The number of pyridine rings is 1. The number of anilines is 2. The van der Waals surface area contributed by atoms with Crippen LogP contribution in [-0.4, -0.2) is 28.6 Å². The summed E-state index contributed by atoms with van der Waals surface area (Å²) in [6.45, 7) is 1.70. The van der Waals surface area contributed by atoms with E-state index in [-0.39, 0.29) is 4.90 Å². The number of nitrogens with zero attached hydrogens (tertiary/aromatic N) is 3. The highest BCUT2D eigenvalue weighted by molar-refractivity contribution is 7.92. The Bertz CT molecular complexity index is 920. The van der Waals surface area contributed by atoms with Crippen molar-refractivity contribution >= 4 is 21.5 Å². The second kappa shape index (κ2) is 5.69. The van der Waals surface area contributed by atoms with E-state index in [4.69, 9.17) is 5.73 Å². The number of benzene rings is 1. The summed E-state index contributed by atoms with van der Waals surface area (Å²) in [4.78, 5) is 7.96. The first-order chi connectivity index (χ1) is 11.0. The zero-order chi connectivity index (χ0) is 16.4. The molecule has 0 amide bonds. The van der Waals surface area contributed by atoms with Gasteiger partial charge in [0.05, 0.1) is 0 Å². The van der Waals surface area contributed by atoms with Crippen molar-refractivity contribution in [2.24, 2.45) is 0 Å². The fourth-order valence-electron chi connectivity index (χ4n) is 1.96. The van der Waals surface area contributed by atoms with Crippen LogP contribution in [0.1, 0.15) is 5.56 Å². The fraction of sp³-hybridized carbons (Fsp3) is 0.0714. The van der Waals surface area contributed by atoms with Gasteiger partial charge in [0.25, 0.3) is 10.0 Å². The van der Waals surface area contributed by atoms with Crippen LogP contribution < -0.4 is 10.5 Å². The molecule has 0 aliphatic heterocycles. The molecule has 4 N–H and O–H groups in total. The molecule has 0 bridgehead atoms. The lowest BCUT2D eigenvalue weighted by atomic mass is 10.2. The first-order valence-corrected chi connectivity index (χ1v) is 8.15. The van der Waals surface area contributed by atoms with Crippen molar-refractivity contribution in [3.8, 4) is 11.4 Å². The van der Waals surface area contributed by atoms with Gasteiger partial charge in [0.2, 0.25) is 0 Å². The quantitative estimate of drug-likeness (QED) is 0.666. The molecule has 118 valence electrons. The molecule has 8 nitrogen and oxygen atoms in total. The number of nitrogens with one attached hydrogen (secondary N) is 2. The third-order valence-corrected chi connectivity index (χ3v) is 4.58. The zero-order valence-electron chi connectivity index (χ0n) is 12.2. The number of aromatic nitrogens is 4. The molecule has 1 aromatic carbocycles. The molecule has 0 unspecified atom stereocenters. The highest BCUT2D eigenvalue weighted by atomic mass is 32.2. The van der Waals surface area contributed by atoms with Crippen LogP contribution in [0.15, 0.2) is 47.8 Å². The fourth-order valence-corrected chi connectivity index (χ4v) is 3.05. The summed E-state index contributed by atoms with van der Waals surface area (Å²) in [5.74, 6) is 0.915. The Labute approximate surface area is 132 Å². The molecule has 0 aliphatic rings. The Morgan fingerprint density at radius 2 is 1.91 bits per heavy atom. The summed E-state index contributed by atoms with van der Waals surface area (Å²) >= 11 is 0. The van der Waals surface area contributed by atoms with Gasteiger partial charge in [-0.1, -0.05) is 0 Å². The second-order valence-electron chi connectivity index (χ2n) is 4.89. The van der Waals surface area contributed by atoms with Crippen molar-refractivity contribution in [3.05, 3.63) is 48.4 Å². The lowest BCUT2D eigenvalue weighted by Gasteiger charge is -2.09. The van der Waals surface area contributed by atoms with Gasteiger partial charge in [-0.25, -0.2) is 18.4 Å². The van der Waals surface area contributed by atoms with Gasteiger partial charge in [-0.05, 0) is 42.8 Å². The Kier molecular flexibility index (Phi) is 3.70. The second-order valence-corrected chi connectivity index (χ2v) is 6.57. The van der Waals surface area contributed by atoms with Gasteiger partial charge in [-0.3, -0.25) is 9.82 Å². The molecule has 0 aliphatic carbocycles. The van der Waals surface area contributed by atoms with Gasteiger partial charge in [-0.15, -0.1) is 0 Å². The highest BCUT2D eigenvalue weighted by Crippen LogP contribution is 2.21. The van der Waals surface area contributed by atoms with Crippen LogP contribution in [0, 0.1) is 6.92 Å². The van der Waals surface area contributed by atoms with E-state index in [0.29, 0.717) is 22.9 Å². The number of aryl methyl sites for hydroxylation is 1. The molecule has 2 aromatic heterocycles. The standard InChI is InChI=1S/C14H14N6O2S/c1-9-6-12(7-16-13(9)15)23(21,22)20-11-4-2-10(3-5-11)14-17-8-18-19-14/h2-8,20H,1H3,(H2,15,16)(H,17,18,19). The van der Waals surface area contributed by atoms with Crippen molar-refractivity contribution < 1.29 is 8.42 Å². The van der Waals surface area contributed by atoms with E-state index in [1.807, 2.05) is 0 Å². The Morgan fingerprint density at radius 1 is 1.17 bits per heavy atom. The van der Waals surface area contributed by atoms with Crippen molar-refractivity contribution in [3.63, 3.8) is 0 Å². The Balaban J connectivity index is 1.84. The predicted octanol–water partition coefficient (Wildman–Crippen LogP) is 1.56. The molecule has 0 saturated carbocycles. The van der Waals surface area contributed by atoms with Gasteiger partial charge >= 0.3 is 0 Å². The Morgan fingerprint density at radius 3 is 2.52 bits per heavy atom. The van der Waals surface area contributed by atoms with Gasteiger partial charge in [-0.2, -0.15) is 5.10 Å². The average Bonchev–Trinajstić information content (AvgIpc) is 3.04. The van der Waals surface area contributed by atoms with Crippen LogP contribution >= 0.6 is 0 Å². The summed E-state index contributed by atoms with van der Waals surface area (Å²) in [5.41, 5.74) is 7.45. The molecule has 0 fully saturated rings. The maximum Gasteiger partial charge on any atom is 0.263 e. The minimum atomic E-state index is -3.72. The van der Waals surface area contributed by atoms with E-state index in [9.17, 15) is 8.42 Å². The average molecular weight is 330 g/mol. The number of aromatic amines is 1. The van der Waals surface area contributed by atoms with E-state index < -0.39 is 10.0 Å².